The summed E-state index contributed by atoms with van der Waals surface area (Å²) < 4.78 is 1.52. The average molecular weight is 217 g/mol. The predicted octanol–water partition coefficient (Wildman–Crippen LogP) is 1.49. The number of carboxylic acid groups (broad SMARTS) is 1. The third kappa shape index (κ3) is 1.67. The Balaban J connectivity index is 2.63. The third-order valence-electron chi connectivity index (χ3n) is 2.33. The van der Waals surface area contributed by atoms with Gasteiger partial charge < -0.3 is 5.11 Å². The molecular formula is C11H11N3O2. The molecule has 2 aromatic rings. The molecule has 0 fully saturated rings. The van der Waals surface area contributed by atoms with E-state index in [1.807, 2.05) is 19.1 Å². The molecule has 2 rings (SSSR count). The lowest BCUT2D eigenvalue weighted by Crippen LogP contribution is -2.02. The van der Waals surface area contributed by atoms with Crippen LogP contribution in [-0.4, -0.2) is 25.8 Å². The van der Waals surface area contributed by atoms with Crippen molar-refractivity contribution in [3.05, 3.63) is 35.7 Å². The highest BCUT2D eigenvalue weighted by molar-refractivity contribution is 5.94. The zero-order valence-corrected chi connectivity index (χ0v) is 9.01. The lowest BCUT2D eigenvalue weighted by atomic mass is 10.1. The fraction of sp³-hybridized carbons (Fsp3) is 0.182. The van der Waals surface area contributed by atoms with E-state index in [0.717, 1.165) is 5.56 Å². The lowest BCUT2D eigenvalue weighted by Gasteiger charge is -2.03. The Bertz CT molecular complexity index is 546. The summed E-state index contributed by atoms with van der Waals surface area (Å²) in [5, 5.41) is 13.0. The SMILES string of the molecule is Cc1ccnc(-c2c(C(=O)O)cnn2C)c1. The van der Waals surface area contributed by atoms with Gasteiger partial charge in [-0.1, -0.05) is 0 Å². The van der Waals surface area contributed by atoms with Crippen molar-refractivity contribution in [2.75, 3.05) is 0 Å². The summed E-state index contributed by atoms with van der Waals surface area (Å²) in [5.41, 5.74) is 2.34. The molecule has 1 N–H and O–H groups in total. The van der Waals surface area contributed by atoms with Gasteiger partial charge in [-0.2, -0.15) is 5.10 Å². The number of pyridine rings is 1. The van der Waals surface area contributed by atoms with Gasteiger partial charge in [-0.25, -0.2) is 4.79 Å². The monoisotopic (exact) mass is 217 g/mol. The third-order valence-corrected chi connectivity index (χ3v) is 2.33. The molecular weight excluding hydrogens is 206 g/mol. The second-order valence-electron chi connectivity index (χ2n) is 3.55. The molecule has 0 bridgehead atoms. The van der Waals surface area contributed by atoms with Crippen LogP contribution >= 0.6 is 0 Å². The van der Waals surface area contributed by atoms with Gasteiger partial charge in [-0.15, -0.1) is 0 Å². The highest BCUT2D eigenvalue weighted by Crippen LogP contribution is 2.21. The fourth-order valence-electron chi connectivity index (χ4n) is 1.56. The molecule has 5 heteroatoms. The molecule has 0 unspecified atom stereocenters. The van der Waals surface area contributed by atoms with Crippen LogP contribution in [0.1, 0.15) is 15.9 Å². The zero-order valence-electron chi connectivity index (χ0n) is 9.01. The first-order valence-electron chi connectivity index (χ1n) is 4.78. The maximum Gasteiger partial charge on any atom is 0.339 e. The van der Waals surface area contributed by atoms with Gasteiger partial charge in [0.05, 0.1) is 11.9 Å². The highest BCUT2D eigenvalue weighted by Gasteiger charge is 2.17. The van der Waals surface area contributed by atoms with E-state index in [2.05, 4.69) is 10.1 Å². The summed E-state index contributed by atoms with van der Waals surface area (Å²) in [6, 6.07) is 3.70. The van der Waals surface area contributed by atoms with Gasteiger partial charge in [0.1, 0.15) is 11.3 Å². The van der Waals surface area contributed by atoms with E-state index in [0.29, 0.717) is 11.4 Å². The van der Waals surface area contributed by atoms with Gasteiger partial charge in [0.15, 0.2) is 0 Å². The predicted molar refractivity (Wildman–Crippen MR) is 58.1 cm³/mol. The minimum atomic E-state index is -0.994. The van der Waals surface area contributed by atoms with Crippen LogP contribution in [0.3, 0.4) is 0 Å². The molecule has 2 heterocycles. The van der Waals surface area contributed by atoms with Crippen LogP contribution in [0, 0.1) is 6.92 Å². The van der Waals surface area contributed by atoms with E-state index in [9.17, 15) is 4.79 Å². The van der Waals surface area contributed by atoms with Crippen LogP contribution in [0.2, 0.25) is 0 Å². The van der Waals surface area contributed by atoms with Crippen LogP contribution in [-0.2, 0) is 7.05 Å². The molecule has 0 aliphatic heterocycles. The molecule has 82 valence electrons. The van der Waals surface area contributed by atoms with Crippen LogP contribution in [0.25, 0.3) is 11.4 Å². The summed E-state index contributed by atoms with van der Waals surface area (Å²) in [6.45, 7) is 1.93. The number of aromatic carboxylic acids is 1. The molecule has 0 amide bonds. The number of hydrogen-bond donors (Lipinski definition) is 1. The standard InChI is InChI=1S/C11H11N3O2/c1-7-3-4-12-9(5-7)10-8(11(15)16)6-13-14(10)2/h3-6H,1-2H3,(H,15,16). The van der Waals surface area contributed by atoms with E-state index in [1.165, 1.54) is 10.9 Å². The summed E-state index contributed by atoms with van der Waals surface area (Å²) >= 11 is 0. The van der Waals surface area contributed by atoms with Crippen LogP contribution in [0.15, 0.2) is 24.5 Å². The van der Waals surface area contributed by atoms with Crippen molar-refractivity contribution < 1.29 is 9.90 Å². The first-order chi connectivity index (χ1) is 7.59. The van der Waals surface area contributed by atoms with E-state index >= 15 is 0 Å². The second-order valence-corrected chi connectivity index (χ2v) is 3.55. The normalized spacial score (nSPS) is 10.4. The van der Waals surface area contributed by atoms with Gasteiger partial charge in [-0.05, 0) is 24.6 Å². The second kappa shape index (κ2) is 3.77. The first-order valence-corrected chi connectivity index (χ1v) is 4.78. The Hall–Kier alpha value is -2.17. The molecule has 0 radical (unpaired) electrons. The molecule has 2 aromatic heterocycles. The van der Waals surface area contributed by atoms with Crippen molar-refractivity contribution in [2.45, 2.75) is 6.92 Å². The van der Waals surface area contributed by atoms with Crippen molar-refractivity contribution >= 4 is 5.97 Å². The number of rotatable bonds is 2. The summed E-state index contributed by atoms with van der Waals surface area (Å²) in [7, 11) is 1.70. The van der Waals surface area contributed by atoms with Gasteiger partial charge in [0.25, 0.3) is 0 Å². The number of carboxylic acids is 1. The molecule has 0 aliphatic carbocycles. The van der Waals surface area contributed by atoms with Crippen molar-refractivity contribution in [1.82, 2.24) is 14.8 Å². The maximum absolute atomic E-state index is 11.0. The van der Waals surface area contributed by atoms with Crippen molar-refractivity contribution in [3.8, 4) is 11.4 Å². The van der Waals surface area contributed by atoms with Gasteiger partial charge in [0, 0.05) is 13.2 Å². The molecule has 16 heavy (non-hydrogen) atoms. The Labute approximate surface area is 92.4 Å². The minimum absolute atomic E-state index is 0.167. The molecule has 0 aromatic carbocycles. The molecule has 5 nitrogen and oxygen atoms in total. The van der Waals surface area contributed by atoms with Crippen molar-refractivity contribution in [2.24, 2.45) is 7.05 Å². The molecule has 0 atom stereocenters. The highest BCUT2D eigenvalue weighted by atomic mass is 16.4. The molecule has 0 saturated carbocycles. The Morgan fingerprint density at radius 3 is 2.88 bits per heavy atom. The maximum atomic E-state index is 11.0. The number of aryl methyl sites for hydroxylation is 2. The number of hydrogen-bond acceptors (Lipinski definition) is 3. The smallest absolute Gasteiger partial charge is 0.339 e. The van der Waals surface area contributed by atoms with Gasteiger partial charge in [-0.3, -0.25) is 9.67 Å². The van der Waals surface area contributed by atoms with Crippen LogP contribution in [0.4, 0.5) is 0 Å². The van der Waals surface area contributed by atoms with E-state index in [4.69, 9.17) is 5.11 Å². The topological polar surface area (TPSA) is 68.0 Å². The largest absolute Gasteiger partial charge is 0.478 e. The first kappa shape index (κ1) is 10.4. The van der Waals surface area contributed by atoms with Crippen molar-refractivity contribution in [1.29, 1.82) is 0 Å². The van der Waals surface area contributed by atoms with E-state index < -0.39 is 5.97 Å². The van der Waals surface area contributed by atoms with Crippen LogP contribution < -0.4 is 0 Å². The summed E-state index contributed by atoms with van der Waals surface area (Å²) in [4.78, 5) is 15.2. The Morgan fingerprint density at radius 2 is 2.25 bits per heavy atom. The summed E-state index contributed by atoms with van der Waals surface area (Å²) in [6.07, 6.45) is 2.99. The van der Waals surface area contributed by atoms with E-state index in [1.54, 1.807) is 13.2 Å². The number of aromatic nitrogens is 3. The number of nitrogens with zero attached hydrogens (tertiary/aromatic N) is 3. The Kier molecular flexibility index (Phi) is 2.44. The minimum Gasteiger partial charge on any atom is -0.478 e. The lowest BCUT2D eigenvalue weighted by molar-refractivity contribution is 0.0697. The van der Waals surface area contributed by atoms with E-state index in [-0.39, 0.29) is 5.56 Å². The van der Waals surface area contributed by atoms with Gasteiger partial charge in [0.2, 0.25) is 0 Å². The molecule has 0 aliphatic rings. The quantitative estimate of drug-likeness (QED) is 0.827. The van der Waals surface area contributed by atoms with Crippen molar-refractivity contribution in [3.63, 3.8) is 0 Å². The van der Waals surface area contributed by atoms with Crippen LogP contribution in [0.5, 0.6) is 0 Å². The zero-order chi connectivity index (χ0) is 11.7. The fourth-order valence-corrected chi connectivity index (χ4v) is 1.56. The van der Waals surface area contributed by atoms with Gasteiger partial charge >= 0.3 is 5.97 Å². The average Bonchev–Trinajstić information content (AvgIpc) is 2.60. The molecule has 0 spiro atoms. The summed E-state index contributed by atoms with van der Waals surface area (Å²) in [5.74, 6) is -0.994. The Morgan fingerprint density at radius 1 is 1.50 bits per heavy atom. The number of carbonyl (C=O) groups is 1. The molecule has 0 saturated heterocycles.